The normalized spacial score (nSPS) is 12.4. The van der Waals surface area contributed by atoms with Gasteiger partial charge < -0.3 is 14.8 Å². The molecule has 1 rings (SSSR count). The zero-order valence-electron chi connectivity index (χ0n) is 9.91. The molecule has 1 aromatic rings. The lowest BCUT2D eigenvalue weighted by atomic mass is 10.0. The van der Waals surface area contributed by atoms with Crippen molar-refractivity contribution in [2.75, 3.05) is 13.2 Å². The minimum atomic E-state index is -0.140. The number of hydrogen-bond acceptors (Lipinski definition) is 3. The number of rotatable bonds is 7. The molecule has 17 heavy (non-hydrogen) atoms. The van der Waals surface area contributed by atoms with Crippen LogP contribution < -0.4 is 5.32 Å². The predicted molar refractivity (Wildman–Crippen MR) is 68.8 cm³/mol. The molecule has 0 aromatic carbocycles. The first-order chi connectivity index (χ1) is 8.17. The Morgan fingerprint density at radius 2 is 2.35 bits per heavy atom. The molecule has 0 aliphatic rings. The van der Waals surface area contributed by atoms with Gasteiger partial charge in [0.05, 0.1) is 5.56 Å². The van der Waals surface area contributed by atoms with Crippen LogP contribution in [0.15, 0.2) is 21.4 Å². The third-order valence-electron chi connectivity index (χ3n) is 2.62. The Bertz CT molecular complexity index is 345. The highest BCUT2D eigenvalue weighted by Crippen LogP contribution is 2.14. The summed E-state index contributed by atoms with van der Waals surface area (Å²) >= 11 is 3.15. The van der Waals surface area contributed by atoms with Crippen LogP contribution >= 0.6 is 15.9 Å². The van der Waals surface area contributed by atoms with E-state index in [9.17, 15) is 4.79 Å². The molecule has 1 unspecified atom stereocenters. The number of aliphatic hydroxyl groups excluding tert-OH is 1. The van der Waals surface area contributed by atoms with Crippen molar-refractivity contribution >= 4 is 21.8 Å². The predicted octanol–water partition coefficient (Wildman–Crippen LogP) is 2.57. The first-order valence-electron chi connectivity index (χ1n) is 5.80. The van der Waals surface area contributed by atoms with Crippen LogP contribution in [0.25, 0.3) is 0 Å². The Morgan fingerprint density at radius 1 is 1.59 bits per heavy atom. The third kappa shape index (κ3) is 4.91. The number of hydrogen-bond donors (Lipinski definition) is 2. The number of aliphatic hydroxyl groups is 1. The minimum absolute atomic E-state index is 0.140. The van der Waals surface area contributed by atoms with Crippen molar-refractivity contribution in [3.63, 3.8) is 0 Å². The van der Waals surface area contributed by atoms with E-state index in [4.69, 9.17) is 9.52 Å². The maximum absolute atomic E-state index is 11.7. The zero-order chi connectivity index (χ0) is 12.7. The quantitative estimate of drug-likeness (QED) is 0.814. The molecule has 0 fully saturated rings. The lowest BCUT2D eigenvalue weighted by molar-refractivity contribution is 0.0942. The van der Waals surface area contributed by atoms with Crippen LogP contribution in [0, 0.1) is 5.92 Å². The summed E-state index contributed by atoms with van der Waals surface area (Å²) in [5.74, 6) is 0.197. The molecular weight excluding hydrogens is 286 g/mol. The fraction of sp³-hybridized carbons (Fsp3) is 0.583. The summed E-state index contributed by atoms with van der Waals surface area (Å²) in [5, 5.41) is 11.8. The summed E-state index contributed by atoms with van der Waals surface area (Å²) in [7, 11) is 0. The summed E-state index contributed by atoms with van der Waals surface area (Å²) < 4.78 is 5.55. The van der Waals surface area contributed by atoms with Crippen molar-refractivity contribution in [2.45, 2.75) is 26.2 Å². The molecule has 5 heteroatoms. The second-order valence-corrected chi connectivity index (χ2v) is 4.80. The number of furan rings is 1. The average Bonchev–Trinajstić information content (AvgIpc) is 2.73. The van der Waals surface area contributed by atoms with Crippen molar-refractivity contribution in [1.82, 2.24) is 5.32 Å². The van der Waals surface area contributed by atoms with E-state index in [0.29, 0.717) is 22.7 Å². The van der Waals surface area contributed by atoms with E-state index >= 15 is 0 Å². The Kier molecular flexibility index (Phi) is 6.29. The standard InChI is InChI=1S/C12H18BrNO3/c1-2-3-9(4-5-15)7-14-12(16)10-6-11(13)17-8-10/h6,8-9,15H,2-5,7H2,1H3,(H,14,16). The van der Waals surface area contributed by atoms with Crippen LogP contribution in [0.2, 0.25) is 0 Å². The van der Waals surface area contributed by atoms with Gasteiger partial charge in [0.25, 0.3) is 5.91 Å². The lowest BCUT2D eigenvalue weighted by Crippen LogP contribution is -2.29. The molecule has 1 aromatic heterocycles. The van der Waals surface area contributed by atoms with Gasteiger partial charge in [0.1, 0.15) is 6.26 Å². The van der Waals surface area contributed by atoms with Crippen molar-refractivity contribution in [1.29, 1.82) is 0 Å². The molecule has 0 aliphatic carbocycles. The fourth-order valence-corrected chi connectivity index (χ4v) is 2.05. The van der Waals surface area contributed by atoms with Gasteiger partial charge >= 0.3 is 0 Å². The van der Waals surface area contributed by atoms with E-state index in [2.05, 4.69) is 28.2 Å². The highest BCUT2D eigenvalue weighted by Gasteiger charge is 2.12. The first kappa shape index (κ1) is 14.3. The second kappa shape index (κ2) is 7.50. The van der Waals surface area contributed by atoms with Gasteiger partial charge in [-0.05, 0) is 34.7 Å². The SMILES string of the molecule is CCCC(CCO)CNC(=O)c1coc(Br)c1. The number of carbonyl (C=O) groups is 1. The maximum atomic E-state index is 11.7. The fourth-order valence-electron chi connectivity index (χ4n) is 1.71. The molecule has 2 N–H and O–H groups in total. The summed E-state index contributed by atoms with van der Waals surface area (Å²) in [4.78, 5) is 11.7. The van der Waals surface area contributed by atoms with Crippen molar-refractivity contribution in [3.05, 3.63) is 22.6 Å². The van der Waals surface area contributed by atoms with Gasteiger partial charge in [0, 0.05) is 19.2 Å². The largest absolute Gasteiger partial charge is 0.457 e. The smallest absolute Gasteiger partial charge is 0.254 e. The molecule has 4 nitrogen and oxygen atoms in total. The highest BCUT2D eigenvalue weighted by atomic mass is 79.9. The zero-order valence-corrected chi connectivity index (χ0v) is 11.5. The van der Waals surface area contributed by atoms with Gasteiger partial charge in [-0.15, -0.1) is 0 Å². The van der Waals surface area contributed by atoms with E-state index < -0.39 is 0 Å². The Morgan fingerprint density at radius 3 is 2.88 bits per heavy atom. The van der Waals surface area contributed by atoms with Crippen LogP contribution in [-0.4, -0.2) is 24.2 Å². The summed E-state index contributed by atoms with van der Waals surface area (Å²) in [6.07, 6.45) is 4.21. The van der Waals surface area contributed by atoms with Gasteiger partial charge in [0.2, 0.25) is 0 Å². The second-order valence-electron chi connectivity index (χ2n) is 4.02. The molecule has 0 spiro atoms. The Labute approximate surface area is 110 Å². The molecule has 0 radical (unpaired) electrons. The van der Waals surface area contributed by atoms with Crippen molar-refractivity contribution in [2.24, 2.45) is 5.92 Å². The molecule has 1 heterocycles. The van der Waals surface area contributed by atoms with E-state index in [1.165, 1.54) is 6.26 Å². The van der Waals surface area contributed by atoms with Gasteiger partial charge in [0.15, 0.2) is 4.67 Å². The van der Waals surface area contributed by atoms with Crippen molar-refractivity contribution in [3.8, 4) is 0 Å². The number of amides is 1. The number of halogens is 1. The van der Waals surface area contributed by atoms with E-state index in [1.807, 2.05) is 0 Å². The topological polar surface area (TPSA) is 62.5 Å². The summed E-state index contributed by atoms with van der Waals surface area (Å²) in [5.41, 5.74) is 0.510. The van der Waals surface area contributed by atoms with Crippen LogP contribution in [0.3, 0.4) is 0 Å². The molecule has 0 saturated carbocycles. The van der Waals surface area contributed by atoms with Crippen molar-refractivity contribution < 1.29 is 14.3 Å². The monoisotopic (exact) mass is 303 g/mol. The van der Waals surface area contributed by atoms with E-state index in [-0.39, 0.29) is 12.5 Å². The average molecular weight is 304 g/mol. The maximum Gasteiger partial charge on any atom is 0.254 e. The van der Waals surface area contributed by atoms with Gasteiger partial charge in [-0.2, -0.15) is 0 Å². The molecule has 0 bridgehead atoms. The summed E-state index contributed by atoms with van der Waals surface area (Å²) in [6, 6.07) is 1.64. The van der Waals surface area contributed by atoms with E-state index in [1.54, 1.807) is 6.07 Å². The molecular formula is C12H18BrNO3. The van der Waals surface area contributed by atoms with E-state index in [0.717, 1.165) is 19.3 Å². The van der Waals surface area contributed by atoms with Crippen LogP contribution in [0.5, 0.6) is 0 Å². The summed E-state index contributed by atoms with van der Waals surface area (Å²) in [6.45, 7) is 2.85. The van der Waals surface area contributed by atoms with Crippen LogP contribution in [0.1, 0.15) is 36.5 Å². The third-order valence-corrected chi connectivity index (χ3v) is 3.03. The molecule has 0 saturated heterocycles. The Balaban J connectivity index is 2.40. The molecule has 1 atom stereocenters. The minimum Gasteiger partial charge on any atom is -0.457 e. The number of nitrogens with one attached hydrogen (secondary N) is 1. The van der Waals surface area contributed by atoms with Gasteiger partial charge in [-0.1, -0.05) is 13.3 Å². The first-order valence-corrected chi connectivity index (χ1v) is 6.59. The molecule has 96 valence electrons. The molecule has 1 amide bonds. The van der Waals surface area contributed by atoms with Gasteiger partial charge in [-0.25, -0.2) is 0 Å². The number of carbonyl (C=O) groups excluding carboxylic acids is 1. The lowest BCUT2D eigenvalue weighted by Gasteiger charge is -2.15. The van der Waals surface area contributed by atoms with Crippen LogP contribution in [0.4, 0.5) is 0 Å². The van der Waals surface area contributed by atoms with Gasteiger partial charge in [-0.3, -0.25) is 4.79 Å². The Hall–Kier alpha value is -0.810. The highest BCUT2D eigenvalue weighted by molar-refractivity contribution is 9.10. The van der Waals surface area contributed by atoms with Crippen LogP contribution in [-0.2, 0) is 0 Å². The molecule has 0 aliphatic heterocycles.